The van der Waals surface area contributed by atoms with Gasteiger partial charge in [0, 0.05) is 10.9 Å². The lowest BCUT2D eigenvalue weighted by molar-refractivity contribution is 0.340. The van der Waals surface area contributed by atoms with E-state index in [1.165, 1.54) is 0 Å². The summed E-state index contributed by atoms with van der Waals surface area (Å²) in [4.78, 5) is 4.62. The second-order valence-corrected chi connectivity index (χ2v) is 5.46. The minimum absolute atomic E-state index is 0.261. The van der Waals surface area contributed by atoms with Crippen molar-refractivity contribution in [3.05, 3.63) is 33.6 Å². The topological polar surface area (TPSA) is 34.1 Å². The highest BCUT2D eigenvalue weighted by Crippen LogP contribution is 2.31. The van der Waals surface area contributed by atoms with Crippen molar-refractivity contribution in [3.63, 3.8) is 0 Å². The van der Waals surface area contributed by atoms with Crippen molar-refractivity contribution in [2.45, 2.75) is 19.9 Å². The highest BCUT2D eigenvalue weighted by molar-refractivity contribution is 7.10. The summed E-state index contributed by atoms with van der Waals surface area (Å²) < 4.78 is 5.43. The van der Waals surface area contributed by atoms with Gasteiger partial charge in [-0.3, -0.25) is 0 Å². The lowest BCUT2D eigenvalue weighted by Gasteiger charge is -2.07. The minimum Gasteiger partial charge on any atom is -0.492 e. The summed E-state index contributed by atoms with van der Waals surface area (Å²) in [6.07, 6.45) is 0. The second kappa shape index (κ2) is 6.37. The molecule has 0 fully saturated rings. The molecule has 1 N–H and O–H groups in total. The molecule has 2 rings (SSSR count). The molecule has 0 amide bonds. The first kappa shape index (κ1) is 14.3. The molecule has 0 radical (unpaired) electrons. The van der Waals surface area contributed by atoms with Crippen LogP contribution in [0.25, 0.3) is 11.3 Å². The summed E-state index contributed by atoms with van der Waals surface area (Å²) in [5.41, 5.74) is 1.96. The summed E-state index contributed by atoms with van der Waals surface area (Å²) in [6.45, 7) is 4.64. The molecule has 2 aromatic rings. The first-order valence-corrected chi connectivity index (χ1v) is 7.46. The lowest BCUT2D eigenvalue weighted by Crippen LogP contribution is -2.11. The average molecular weight is 297 g/mol. The van der Waals surface area contributed by atoms with Gasteiger partial charge in [-0.1, -0.05) is 11.6 Å². The Labute approximate surface area is 122 Å². The Hall–Kier alpha value is -1.10. The Balaban J connectivity index is 2.27. The van der Waals surface area contributed by atoms with E-state index in [-0.39, 0.29) is 6.04 Å². The molecule has 1 atom stereocenters. The number of nitrogens with zero attached hydrogens (tertiary/aromatic N) is 1. The summed E-state index contributed by atoms with van der Waals surface area (Å²) >= 11 is 7.84. The van der Waals surface area contributed by atoms with Gasteiger partial charge in [-0.15, -0.1) is 11.3 Å². The van der Waals surface area contributed by atoms with E-state index in [4.69, 9.17) is 16.3 Å². The van der Waals surface area contributed by atoms with Crippen LogP contribution < -0.4 is 10.1 Å². The molecule has 102 valence electrons. The highest BCUT2D eigenvalue weighted by atomic mass is 35.5. The number of benzene rings is 1. The van der Waals surface area contributed by atoms with Crippen molar-refractivity contribution >= 4 is 22.9 Å². The molecule has 0 bridgehead atoms. The monoisotopic (exact) mass is 296 g/mol. The van der Waals surface area contributed by atoms with Crippen LogP contribution >= 0.6 is 22.9 Å². The largest absolute Gasteiger partial charge is 0.492 e. The Bertz CT molecular complexity index is 556. The van der Waals surface area contributed by atoms with E-state index in [9.17, 15) is 0 Å². The van der Waals surface area contributed by atoms with Gasteiger partial charge in [-0.2, -0.15) is 0 Å². The molecule has 19 heavy (non-hydrogen) atoms. The number of ether oxygens (including phenoxy) is 1. The van der Waals surface area contributed by atoms with Gasteiger partial charge < -0.3 is 10.1 Å². The molecule has 1 aromatic carbocycles. The van der Waals surface area contributed by atoms with Crippen molar-refractivity contribution in [2.24, 2.45) is 0 Å². The number of hydrogen-bond acceptors (Lipinski definition) is 4. The molecule has 3 nitrogen and oxygen atoms in total. The van der Waals surface area contributed by atoms with Crippen molar-refractivity contribution < 1.29 is 4.74 Å². The number of nitrogens with one attached hydrogen (secondary N) is 1. The van der Waals surface area contributed by atoms with Gasteiger partial charge in [0.25, 0.3) is 0 Å². The SMILES string of the molecule is CCOc1ccc(-c2csc(C(C)NC)n2)cc1Cl. The number of thiazole rings is 1. The van der Waals surface area contributed by atoms with E-state index >= 15 is 0 Å². The van der Waals surface area contributed by atoms with E-state index in [1.54, 1.807) is 11.3 Å². The van der Waals surface area contributed by atoms with Crippen molar-refractivity contribution in [1.82, 2.24) is 10.3 Å². The van der Waals surface area contributed by atoms with E-state index < -0.39 is 0 Å². The Morgan fingerprint density at radius 3 is 2.89 bits per heavy atom. The van der Waals surface area contributed by atoms with Crippen LogP contribution in [-0.4, -0.2) is 18.6 Å². The fourth-order valence-corrected chi connectivity index (χ4v) is 2.80. The van der Waals surface area contributed by atoms with Gasteiger partial charge in [0.2, 0.25) is 0 Å². The molecule has 1 unspecified atom stereocenters. The van der Waals surface area contributed by atoms with E-state index in [2.05, 4.69) is 22.6 Å². The Morgan fingerprint density at radius 2 is 2.26 bits per heavy atom. The normalized spacial score (nSPS) is 12.4. The third-order valence-electron chi connectivity index (χ3n) is 2.85. The molecule has 0 aliphatic carbocycles. The first-order valence-electron chi connectivity index (χ1n) is 6.21. The fourth-order valence-electron chi connectivity index (χ4n) is 1.68. The highest BCUT2D eigenvalue weighted by Gasteiger charge is 2.11. The lowest BCUT2D eigenvalue weighted by atomic mass is 10.1. The molecule has 0 saturated carbocycles. The first-order chi connectivity index (χ1) is 9.15. The van der Waals surface area contributed by atoms with Gasteiger partial charge in [0.15, 0.2) is 0 Å². The van der Waals surface area contributed by atoms with Gasteiger partial charge in [0.05, 0.1) is 23.4 Å². The van der Waals surface area contributed by atoms with Gasteiger partial charge in [-0.25, -0.2) is 4.98 Å². The average Bonchev–Trinajstić information content (AvgIpc) is 2.90. The zero-order valence-corrected chi connectivity index (χ0v) is 12.8. The van der Waals surface area contributed by atoms with Gasteiger partial charge >= 0.3 is 0 Å². The number of hydrogen-bond donors (Lipinski definition) is 1. The number of aromatic nitrogens is 1. The van der Waals surface area contributed by atoms with E-state index in [0.29, 0.717) is 17.4 Å². The zero-order chi connectivity index (χ0) is 13.8. The summed E-state index contributed by atoms with van der Waals surface area (Å²) in [5, 5.41) is 6.93. The van der Waals surface area contributed by atoms with Crippen molar-refractivity contribution in [3.8, 4) is 17.0 Å². The number of rotatable bonds is 5. The van der Waals surface area contributed by atoms with Crippen LogP contribution in [0.2, 0.25) is 5.02 Å². The maximum Gasteiger partial charge on any atom is 0.137 e. The fraction of sp³-hybridized carbons (Fsp3) is 0.357. The third-order valence-corrected chi connectivity index (χ3v) is 4.18. The minimum atomic E-state index is 0.261. The van der Waals surface area contributed by atoms with Crippen LogP contribution in [0.4, 0.5) is 0 Å². The number of halogens is 1. The zero-order valence-electron chi connectivity index (χ0n) is 11.2. The molecule has 5 heteroatoms. The summed E-state index contributed by atoms with van der Waals surface area (Å²) in [7, 11) is 1.93. The maximum absolute atomic E-state index is 6.19. The van der Waals surface area contributed by atoms with Gasteiger partial charge in [-0.05, 0) is 39.1 Å². The molecule has 1 heterocycles. The predicted octanol–water partition coefficient (Wildman–Crippen LogP) is 4.14. The molecule has 1 aromatic heterocycles. The molecular weight excluding hydrogens is 280 g/mol. The Kier molecular flexibility index (Phi) is 4.80. The Morgan fingerprint density at radius 1 is 1.47 bits per heavy atom. The smallest absolute Gasteiger partial charge is 0.137 e. The predicted molar refractivity (Wildman–Crippen MR) is 81.2 cm³/mol. The standard InChI is InChI=1S/C14H17ClN2OS/c1-4-18-13-6-5-10(7-11(13)15)12-8-19-14(17-12)9(2)16-3/h5-9,16H,4H2,1-3H3. The quantitative estimate of drug-likeness (QED) is 0.900. The van der Waals surface area contributed by atoms with Crippen molar-refractivity contribution in [2.75, 3.05) is 13.7 Å². The molecule has 0 aliphatic heterocycles. The van der Waals surface area contributed by atoms with Crippen LogP contribution in [-0.2, 0) is 0 Å². The van der Waals surface area contributed by atoms with Crippen LogP contribution in [0.15, 0.2) is 23.6 Å². The van der Waals surface area contributed by atoms with E-state index in [1.807, 2.05) is 32.2 Å². The maximum atomic E-state index is 6.19. The van der Waals surface area contributed by atoms with Crippen molar-refractivity contribution in [1.29, 1.82) is 0 Å². The van der Waals surface area contributed by atoms with Gasteiger partial charge in [0.1, 0.15) is 10.8 Å². The molecular formula is C14H17ClN2OS. The van der Waals surface area contributed by atoms with Crippen LogP contribution in [0.5, 0.6) is 5.75 Å². The molecule has 0 aliphatic rings. The third kappa shape index (κ3) is 3.26. The van der Waals surface area contributed by atoms with Crippen LogP contribution in [0.3, 0.4) is 0 Å². The van der Waals surface area contributed by atoms with E-state index in [0.717, 1.165) is 16.3 Å². The molecule has 0 saturated heterocycles. The molecule has 0 spiro atoms. The van der Waals surface area contributed by atoms with Crippen LogP contribution in [0, 0.1) is 0 Å². The summed E-state index contributed by atoms with van der Waals surface area (Å²) in [5.74, 6) is 0.715. The summed E-state index contributed by atoms with van der Waals surface area (Å²) in [6, 6.07) is 6.04. The second-order valence-electron chi connectivity index (χ2n) is 4.16. The van der Waals surface area contributed by atoms with Crippen LogP contribution in [0.1, 0.15) is 24.9 Å².